The number of nitrogens with zero attached hydrogens (tertiary/aromatic N) is 4. The molecule has 0 amide bonds. The Labute approximate surface area is 161 Å². The molecule has 3 aromatic rings. The van der Waals surface area contributed by atoms with Gasteiger partial charge in [-0.2, -0.15) is 5.10 Å². The van der Waals surface area contributed by atoms with Crippen LogP contribution in [-0.2, 0) is 6.61 Å². The van der Waals surface area contributed by atoms with Crippen molar-refractivity contribution in [1.29, 1.82) is 0 Å². The Balaban J connectivity index is 1.83. The van der Waals surface area contributed by atoms with Crippen molar-refractivity contribution in [2.24, 2.45) is 5.10 Å². The summed E-state index contributed by atoms with van der Waals surface area (Å²) in [4.78, 5) is 0. The van der Waals surface area contributed by atoms with E-state index in [1.54, 1.807) is 12.3 Å². The monoisotopic (exact) mass is 390 g/mol. The summed E-state index contributed by atoms with van der Waals surface area (Å²) in [6.07, 6.45) is 4.61. The molecule has 134 valence electrons. The smallest absolute Gasteiger partial charge is 0.180 e. The molecule has 2 aromatic carbocycles. The number of benzene rings is 2. The SMILES string of the molecule is CCOc1cc(C=Nn2cnnc2)cc(Cl)c1OCc1ccccc1Cl. The van der Waals surface area contributed by atoms with Gasteiger partial charge >= 0.3 is 0 Å². The minimum atomic E-state index is 0.285. The van der Waals surface area contributed by atoms with Gasteiger partial charge in [0.15, 0.2) is 11.5 Å². The predicted octanol–water partition coefficient (Wildman–Crippen LogP) is 4.44. The molecular weight excluding hydrogens is 375 g/mol. The van der Waals surface area contributed by atoms with Crippen molar-refractivity contribution in [2.45, 2.75) is 13.5 Å². The Morgan fingerprint density at radius 3 is 2.58 bits per heavy atom. The maximum Gasteiger partial charge on any atom is 0.180 e. The molecular formula is C18H16Cl2N4O2. The van der Waals surface area contributed by atoms with E-state index in [-0.39, 0.29) is 6.61 Å². The quantitative estimate of drug-likeness (QED) is 0.559. The summed E-state index contributed by atoms with van der Waals surface area (Å²) in [5, 5.41) is 12.7. The normalized spacial score (nSPS) is 11.0. The average molecular weight is 391 g/mol. The van der Waals surface area contributed by atoms with Crippen molar-refractivity contribution in [3.63, 3.8) is 0 Å². The Bertz CT molecular complexity index is 898. The number of ether oxygens (including phenoxy) is 2. The van der Waals surface area contributed by atoms with Crippen LogP contribution in [0.4, 0.5) is 0 Å². The van der Waals surface area contributed by atoms with Crippen LogP contribution in [0.15, 0.2) is 54.2 Å². The van der Waals surface area contributed by atoms with Crippen LogP contribution in [-0.4, -0.2) is 27.7 Å². The van der Waals surface area contributed by atoms with Crippen LogP contribution >= 0.6 is 23.2 Å². The van der Waals surface area contributed by atoms with Gasteiger partial charge in [0.1, 0.15) is 19.3 Å². The fourth-order valence-electron chi connectivity index (χ4n) is 2.22. The van der Waals surface area contributed by atoms with Crippen LogP contribution in [0.5, 0.6) is 11.5 Å². The van der Waals surface area contributed by atoms with Crippen molar-refractivity contribution in [1.82, 2.24) is 14.9 Å². The highest BCUT2D eigenvalue weighted by molar-refractivity contribution is 6.32. The minimum Gasteiger partial charge on any atom is -0.490 e. The van der Waals surface area contributed by atoms with Gasteiger partial charge in [-0.15, -0.1) is 10.2 Å². The Kier molecular flexibility index (Phi) is 6.09. The van der Waals surface area contributed by atoms with E-state index in [1.807, 2.05) is 37.3 Å². The van der Waals surface area contributed by atoms with Crippen LogP contribution in [0.25, 0.3) is 0 Å². The van der Waals surface area contributed by atoms with E-state index in [2.05, 4.69) is 15.3 Å². The summed E-state index contributed by atoms with van der Waals surface area (Å²) in [6, 6.07) is 11.0. The fraction of sp³-hybridized carbons (Fsp3) is 0.167. The molecule has 0 aliphatic rings. The molecule has 0 aliphatic heterocycles. The highest BCUT2D eigenvalue weighted by Crippen LogP contribution is 2.37. The molecule has 0 unspecified atom stereocenters. The average Bonchev–Trinajstić information content (AvgIpc) is 3.14. The molecule has 0 saturated carbocycles. The third kappa shape index (κ3) is 4.53. The van der Waals surface area contributed by atoms with Crippen LogP contribution < -0.4 is 9.47 Å². The van der Waals surface area contributed by atoms with E-state index >= 15 is 0 Å². The second kappa shape index (κ2) is 8.69. The summed E-state index contributed by atoms with van der Waals surface area (Å²) < 4.78 is 13.0. The highest BCUT2D eigenvalue weighted by Gasteiger charge is 2.13. The number of hydrogen-bond donors (Lipinski definition) is 0. The minimum absolute atomic E-state index is 0.285. The van der Waals surface area contributed by atoms with Crippen molar-refractivity contribution in [3.8, 4) is 11.5 Å². The zero-order valence-corrected chi connectivity index (χ0v) is 15.5. The van der Waals surface area contributed by atoms with Gasteiger partial charge in [-0.05, 0) is 30.7 Å². The molecule has 1 heterocycles. The summed E-state index contributed by atoms with van der Waals surface area (Å²) in [6.45, 7) is 2.65. The van der Waals surface area contributed by atoms with Gasteiger partial charge in [-0.3, -0.25) is 0 Å². The summed E-state index contributed by atoms with van der Waals surface area (Å²) in [5.74, 6) is 1.01. The van der Waals surface area contributed by atoms with Crippen LogP contribution in [0, 0.1) is 0 Å². The van der Waals surface area contributed by atoms with Crippen LogP contribution in [0.3, 0.4) is 0 Å². The lowest BCUT2D eigenvalue weighted by Gasteiger charge is -2.15. The van der Waals surface area contributed by atoms with Crippen molar-refractivity contribution in [3.05, 3.63) is 70.2 Å². The van der Waals surface area contributed by atoms with Gasteiger partial charge in [0.2, 0.25) is 0 Å². The zero-order chi connectivity index (χ0) is 18.4. The van der Waals surface area contributed by atoms with Crippen molar-refractivity contribution >= 4 is 29.4 Å². The van der Waals surface area contributed by atoms with Crippen LogP contribution in [0.1, 0.15) is 18.1 Å². The summed E-state index contributed by atoms with van der Waals surface area (Å²) >= 11 is 12.6. The molecule has 0 saturated heterocycles. The van der Waals surface area contributed by atoms with E-state index in [0.717, 1.165) is 11.1 Å². The summed E-state index contributed by atoms with van der Waals surface area (Å²) in [5.41, 5.74) is 1.63. The van der Waals surface area contributed by atoms with Crippen molar-refractivity contribution in [2.75, 3.05) is 6.61 Å². The first kappa shape index (κ1) is 18.2. The van der Waals surface area contributed by atoms with Crippen LogP contribution in [0.2, 0.25) is 10.0 Å². The Morgan fingerprint density at radius 1 is 1.08 bits per heavy atom. The second-order valence-corrected chi connectivity index (χ2v) is 6.04. The lowest BCUT2D eigenvalue weighted by Crippen LogP contribution is -2.02. The van der Waals surface area contributed by atoms with Gasteiger partial charge in [0.05, 0.1) is 17.8 Å². The van der Waals surface area contributed by atoms with Crippen molar-refractivity contribution < 1.29 is 9.47 Å². The first-order valence-corrected chi connectivity index (χ1v) is 8.64. The molecule has 3 rings (SSSR count). The lowest BCUT2D eigenvalue weighted by atomic mass is 10.2. The van der Waals surface area contributed by atoms with Gasteiger partial charge < -0.3 is 9.47 Å². The van der Waals surface area contributed by atoms with Gasteiger partial charge in [0, 0.05) is 10.6 Å². The van der Waals surface area contributed by atoms with E-state index in [9.17, 15) is 0 Å². The molecule has 0 atom stereocenters. The molecule has 1 aromatic heterocycles. The topological polar surface area (TPSA) is 61.5 Å². The molecule has 0 bridgehead atoms. The third-order valence-electron chi connectivity index (χ3n) is 3.41. The lowest BCUT2D eigenvalue weighted by molar-refractivity contribution is 0.269. The molecule has 6 nitrogen and oxygen atoms in total. The van der Waals surface area contributed by atoms with E-state index in [1.165, 1.54) is 17.3 Å². The molecule has 8 heteroatoms. The van der Waals surface area contributed by atoms with Gasteiger partial charge in [-0.25, -0.2) is 4.68 Å². The molecule has 26 heavy (non-hydrogen) atoms. The molecule has 0 spiro atoms. The predicted molar refractivity (Wildman–Crippen MR) is 101 cm³/mol. The summed E-state index contributed by atoms with van der Waals surface area (Å²) in [7, 11) is 0. The molecule has 0 aliphatic carbocycles. The first-order chi connectivity index (χ1) is 12.7. The van der Waals surface area contributed by atoms with E-state index in [0.29, 0.717) is 28.2 Å². The second-order valence-electron chi connectivity index (χ2n) is 5.23. The first-order valence-electron chi connectivity index (χ1n) is 7.89. The maximum atomic E-state index is 6.41. The third-order valence-corrected chi connectivity index (χ3v) is 4.06. The van der Waals surface area contributed by atoms with Gasteiger partial charge in [-0.1, -0.05) is 41.4 Å². The maximum absolute atomic E-state index is 6.41. The number of rotatable bonds is 7. The molecule has 0 N–H and O–H groups in total. The largest absolute Gasteiger partial charge is 0.490 e. The van der Waals surface area contributed by atoms with Gasteiger partial charge in [0.25, 0.3) is 0 Å². The molecule has 0 fully saturated rings. The fourth-order valence-corrected chi connectivity index (χ4v) is 2.68. The Morgan fingerprint density at radius 2 is 1.85 bits per heavy atom. The van der Waals surface area contributed by atoms with E-state index < -0.39 is 0 Å². The Hall–Kier alpha value is -2.57. The van der Waals surface area contributed by atoms with E-state index in [4.69, 9.17) is 32.7 Å². The zero-order valence-electron chi connectivity index (χ0n) is 14.0. The molecule has 0 radical (unpaired) electrons. The number of hydrogen-bond acceptors (Lipinski definition) is 5. The standard InChI is InChI=1S/C18H16Cl2N4O2/c1-2-25-17-8-13(9-23-24-11-21-22-12-24)7-16(20)18(17)26-10-14-5-3-4-6-15(14)19/h3-9,11-12H,2,10H2,1H3. The number of halogens is 2. The highest BCUT2D eigenvalue weighted by atomic mass is 35.5. The number of aromatic nitrogens is 3.